The van der Waals surface area contributed by atoms with Crippen molar-refractivity contribution in [2.45, 2.75) is 28.3 Å². The van der Waals surface area contributed by atoms with E-state index in [4.69, 9.17) is 4.74 Å². The van der Waals surface area contributed by atoms with E-state index < -0.39 is 20.8 Å². The second-order valence-corrected chi connectivity index (χ2v) is 10.1. The Morgan fingerprint density at radius 1 is 1.26 bits per heavy atom. The second kappa shape index (κ2) is 8.36. The van der Waals surface area contributed by atoms with Crippen molar-refractivity contribution >= 4 is 20.8 Å². The van der Waals surface area contributed by atoms with Gasteiger partial charge in [0.25, 0.3) is 0 Å². The van der Waals surface area contributed by atoms with Gasteiger partial charge in [-0.15, -0.1) is 0 Å². The highest BCUT2D eigenvalue weighted by Gasteiger charge is 2.42. The van der Waals surface area contributed by atoms with Gasteiger partial charge in [-0.3, -0.25) is 4.21 Å². The van der Waals surface area contributed by atoms with E-state index in [-0.39, 0.29) is 22.9 Å². The zero-order valence-corrected chi connectivity index (χ0v) is 17.4. The molecule has 8 heteroatoms. The van der Waals surface area contributed by atoms with Gasteiger partial charge in [0.15, 0.2) is 0 Å². The highest BCUT2D eigenvalue weighted by atomic mass is 32.2. The van der Waals surface area contributed by atoms with Crippen LogP contribution in [-0.4, -0.2) is 56.5 Å². The fraction of sp³-hybridized carbons (Fsp3) is 0.474. The minimum Gasteiger partial charge on any atom is -0.385 e. The number of ether oxygens (including phenoxy) is 1. The average Bonchev–Trinajstić information content (AvgIpc) is 2.73. The van der Waals surface area contributed by atoms with Gasteiger partial charge in [-0.2, -0.15) is 4.31 Å². The summed E-state index contributed by atoms with van der Waals surface area (Å²) in [5, 5.41) is 3.53. The first-order valence-corrected chi connectivity index (χ1v) is 11.9. The Bertz CT molecular complexity index is 880. The van der Waals surface area contributed by atoms with E-state index in [1.165, 1.54) is 4.31 Å². The molecule has 4 atom stereocenters. The lowest BCUT2D eigenvalue weighted by Crippen LogP contribution is -2.42. The monoisotopic (exact) mass is 410 g/mol. The number of likely N-dealkylation sites (N-methyl/N-ethyl adjacent to an activating group) is 1. The first-order valence-electron chi connectivity index (χ1n) is 8.90. The summed E-state index contributed by atoms with van der Waals surface area (Å²) in [6.07, 6.45) is 10.2. The number of nitrogens with one attached hydrogen (secondary N) is 1. The van der Waals surface area contributed by atoms with Crippen LogP contribution < -0.4 is 5.32 Å². The van der Waals surface area contributed by atoms with Crippen LogP contribution in [0.25, 0.3) is 0 Å². The summed E-state index contributed by atoms with van der Waals surface area (Å²) in [5.74, 6) is -0.0310. The summed E-state index contributed by atoms with van der Waals surface area (Å²) >= 11 is 0. The maximum Gasteiger partial charge on any atom is 0.243 e. The number of nitrogens with zero attached hydrogens (tertiary/aromatic N) is 1. The molecule has 0 spiro atoms. The van der Waals surface area contributed by atoms with E-state index in [1.807, 2.05) is 18.2 Å². The molecule has 0 bridgehead atoms. The molecule has 0 saturated carbocycles. The van der Waals surface area contributed by atoms with Crippen molar-refractivity contribution in [2.24, 2.45) is 5.92 Å². The van der Waals surface area contributed by atoms with E-state index in [9.17, 15) is 12.6 Å². The van der Waals surface area contributed by atoms with Crippen LogP contribution in [0.15, 0.2) is 52.3 Å². The number of hydrogen-bond acceptors (Lipinski definition) is 5. The Kier molecular flexibility index (Phi) is 6.32. The highest BCUT2D eigenvalue weighted by Crippen LogP contribution is 2.40. The van der Waals surface area contributed by atoms with Crippen molar-refractivity contribution in [3.8, 4) is 0 Å². The van der Waals surface area contributed by atoms with Gasteiger partial charge in [0.1, 0.15) is 0 Å². The van der Waals surface area contributed by atoms with Crippen molar-refractivity contribution in [3.63, 3.8) is 0 Å². The fourth-order valence-electron chi connectivity index (χ4n) is 3.70. The van der Waals surface area contributed by atoms with E-state index >= 15 is 0 Å². The minimum atomic E-state index is -3.70. The van der Waals surface area contributed by atoms with Gasteiger partial charge in [0.2, 0.25) is 10.0 Å². The molecule has 0 amide bonds. The molecular formula is C19H26N2O4S2. The van der Waals surface area contributed by atoms with Gasteiger partial charge in [-0.25, -0.2) is 8.42 Å². The predicted octanol–water partition coefficient (Wildman–Crippen LogP) is 1.84. The summed E-state index contributed by atoms with van der Waals surface area (Å²) in [6, 6.07) is 4.69. The van der Waals surface area contributed by atoms with Crippen molar-refractivity contribution < 1.29 is 17.4 Å². The summed E-state index contributed by atoms with van der Waals surface area (Å²) in [4.78, 5) is 0.748. The normalized spacial score (nSPS) is 27.6. The number of allylic oxidation sites excluding steroid dienone is 2. The Hall–Kier alpha value is -1.32. The van der Waals surface area contributed by atoms with Crippen LogP contribution in [-0.2, 0) is 25.6 Å². The van der Waals surface area contributed by atoms with Crippen molar-refractivity contribution in [2.75, 3.05) is 33.6 Å². The third kappa shape index (κ3) is 3.95. The Balaban J connectivity index is 2.11. The Labute approximate surface area is 163 Å². The average molecular weight is 411 g/mol. The molecule has 0 fully saturated rings. The fourth-order valence-corrected chi connectivity index (χ4v) is 5.93. The number of fused-ring (bicyclic) bond motifs is 2. The van der Waals surface area contributed by atoms with Gasteiger partial charge >= 0.3 is 0 Å². The van der Waals surface area contributed by atoms with Gasteiger partial charge in [-0.1, -0.05) is 30.4 Å². The van der Waals surface area contributed by atoms with Crippen LogP contribution in [0.4, 0.5) is 0 Å². The summed E-state index contributed by atoms with van der Waals surface area (Å²) in [7, 11) is -1.68. The van der Waals surface area contributed by atoms with Gasteiger partial charge in [-0.05, 0) is 30.7 Å². The van der Waals surface area contributed by atoms with E-state index in [2.05, 4.69) is 11.4 Å². The summed E-state index contributed by atoms with van der Waals surface area (Å²) in [6.45, 7) is 1.35. The van der Waals surface area contributed by atoms with Crippen LogP contribution in [0.3, 0.4) is 0 Å². The molecule has 1 aliphatic heterocycles. The molecule has 27 heavy (non-hydrogen) atoms. The van der Waals surface area contributed by atoms with Gasteiger partial charge < -0.3 is 10.1 Å². The maximum atomic E-state index is 13.3. The molecule has 1 aromatic carbocycles. The quantitative estimate of drug-likeness (QED) is 0.724. The molecule has 3 rings (SSSR count). The first kappa shape index (κ1) is 20.4. The molecule has 1 aliphatic carbocycles. The second-order valence-electron chi connectivity index (χ2n) is 6.79. The third-order valence-electron chi connectivity index (χ3n) is 5.15. The van der Waals surface area contributed by atoms with Crippen LogP contribution in [0.2, 0.25) is 0 Å². The largest absolute Gasteiger partial charge is 0.385 e. The molecule has 1 N–H and O–H groups in total. The molecule has 6 nitrogen and oxygen atoms in total. The molecule has 2 aliphatic rings. The Morgan fingerprint density at radius 2 is 2.00 bits per heavy atom. The zero-order valence-electron chi connectivity index (χ0n) is 15.8. The number of methoxy groups -OCH3 is 1. The topological polar surface area (TPSA) is 75.7 Å². The third-order valence-corrected chi connectivity index (χ3v) is 7.98. The molecule has 4 unspecified atom stereocenters. The van der Waals surface area contributed by atoms with Crippen LogP contribution in [0, 0.1) is 5.92 Å². The number of benzene rings is 1. The summed E-state index contributed by atoms with van der Waals surface area (Å²) in [5.41, 5.74) is 0.723. The maximum absolute atomic E-state index is 13.3. The Morgan fingerprint density at radius 3 is 2.70 bits per heavy atom. The van der Waals surface area contributed by atoms with E-state index in [0.29, 0.717) is 18.0 Å². The number of rotatable bonds is 6. The first-order chi connectivity index (χ1) is 12.9. The molecule has 0 aromatic heterocycles. The predicted molar refractivity (Wildman–Crippen MR) is 107 cm³/mol. The zero-order chi connectivity index (χ0) is 19.6. The van der Waals surface area contributed by atoms with Crippen molar-refractivity contribution in [1.29, 1.82) is 0 Å². The molecule has 0 radical (unpaired) electrons. The molecule has 1 aromatic rings. The molecular weight excluding hydrogens is 384 g/mol. The minimum absolute atomic E-state index is 0.0310. The SMILES string of the molecule is COCCCNC1c2ccc(S(C)=O)cc2S(=O)(=O)N(C)C2C=CC=CC12. The summed E-state index contributed by atoms with van der Waals surface area (Å²) < 4.78 is 45.1. The number of sulfonamides is 1. The van der Waals surface area contributed by atoms with Gasteiger partial charge in [0, 0.05) is 54.7 Å². The van der Waals surface area contributed by atoms with Crippen molar-refractivity contribution in [1.82, 2.24) is 9.62 Å². The highest BCUT2D eigenvalue weighted by molar-refractivity contribution is 7.89. The lowest BCUT2D eigenvalue weighted by Gasteiger charge is -2.33. The van der Waals surface area contributed by atoms with E-state index in [1.54, 1.807) is 38.6 Å². The molecule has 148 valence electrons. The van der Waals surface area contributed by atoms with E-state index in [0.717, 1.165) is 12.0 Å². The molecule has 0 saturated heterocycles. The van der Waals surface area contributed by atoms with Gasteiger partial charge in [0.05, 0.1) is 10.9 Å². The number of hydrogen-bond donors (Lipinski definition) is 1. The lowest BCUT2D eigenvalue weighted by molar-refractivity contribution is 0.191. The smallest absolute Gasteiger partial charge is 0.243 e. The lowest BCUT2D eigenvalue weighted by atomic mass is 9.84. The van der Waals surface area contributed by atoms with Crippen LogP contribution >= 0.6 is 0 Å². The van der Waals surface area contributed by atoms with Crippen LogP contribution in [0.1, 0.15) is 18.0 Å². The van der Waals surface area contributed by atoms with Crippen LogP contribution in [0.5, 0.6) is 0 Å². The van der Waals surface area contributed by atoms with Crippen molar-refractivity contribution in [3.05, 3.63) is 48.1 Å². The standard InChI is InChI=1S/C19H26N2O4S2/c1-21-17-8-5-4-7-15(17)19(20-11-6-12-25-2)16-10-9-14(26(3)22)13-18(16)27(21,23)24/h4-5,7-10,13,15,17,19-20H,6,11-12H2,1-3H3. The molecule has 1 heterocycles.